The van der Waals surface area contributed by atoms with Crippen molar-refractivity contribution >= 4 is 11.9 Å². The van der Waals surface area contributed by atoms with Crippen LogP contribution in [0.25, 0.3) is 0 Å². The zero-order chi connectivity index (χ0) is 26.7. The van der Waals surface area contributed by atoms with Crippen LogP contribution in [0.2, 0.25) is 0 Å². The molecule has 4 rings (SSSR count). The van der Waals surface area contributed by atoms with Gasteiger partial charge in [0.2, 0.25) is 5.91 Å². The van der Waals surface area contributed by atoms with Gasteiger partial charge in [0, 0.05) is 19.5 Å². The molecule has 38 heavy (non-hydrogen) atoms. The first-order chi connectivity index (χ1) is 18.5. The largest absolute Gasteiger partial charge is 0.508 e. The van der Waals surface area contributed by atoms with Gasteiger partial charge in [-0.3, -0.25) is 9.69 Å². The lowest BCUT2D eigenvalue weighted by Gasteiger charge is -2.32. The van der Waals surface area contributed by atoms with Gasteiger partial charge in [0.1, 0.15) is 17.8 Å². The van der Waals surface area contributed by atoms with Crippen LogP contribution in [0.15, 0.2) is 115 Å². The quantitative estimate of drug-likeness (QED) is 0.278. The predicted octanol–water partition coefficient (Wildman–Crippen LogP) is 5.04. The Morgan fingerprint density at radius 3 is 1.74 bits per heavy atom. The van der Waals surface area contributed by atoms with Crippen LogP contribution in [0.1, 0.15) is 28.3 Å². The standard InChI is InChI=1S/C32H32N2O4/c1-38-32(37)29(21-24-17-19-28(35)20-18-24)33-31(36)30(27-15-9-4-10-16-27)34(22-25-11-5-2-6-12-25)23-26-13-7-3-8-14-26/h2-20,29-30,35H,21-23H2,1H3,(H,33,36)/t29-,30+/m0/s1. The average molecular weight is 509 g/mol. The summed E-state index contributed by atoms with van der Waals surface area (Å²) in [6, 6.07) is 34.6. The van der Waals surface area contributed by atoms with Crippen molar-refractivity contribution in [3.05, 3.63) is 138 Å². The number of aromatic hydroxyl groups is 1. The van der Waals surface area contributed by atoms with E-state index in [0.717, 1.165) is 22.3 Å². The minimum atomic E-state index is -0.890. The number of ether oxygens (including phenoxy) is 1. The Balaban J connectivity index is 1.67. The molecule has 2 atom stereocenters. The molecule has 0 saturated heterocycles. The molecule has 6 nitrogen and oxygen atoms in total. The van der Waals surface area contributed by atoms with Crippen molar-refractivity contribution in [1.29, 1.82) is 0 Å². The second-order valence-electron chi connectivity index (χ2n) is 9.14. The Bertz CT molecular complexity index is 1250. The number of hydrogen-bond acceptors (Lipinski definition) is 5. The number of nitrogens with one attached hydrogen (secondary N) is 1. The Morgan fingerprint density at radius 2 is 1.24 bits per heavy atom. The number of amides is 1. The van der Waals surface area contributed by atoms with Crippen LogP contribution in [0, 0.1) is 0 Å². The zero-order valence-electron chi connectivity index (χ0n) is 21.4. The first-order valence-corrected chi connectivity index (χ1v) is 12.6. The average Bonchev–Trinajstić information content (AvgIpc) is 2.95. The van der Waals surface area contributed by atoms with Crippen molar-refractivity contribution in [2.24, 2.45) is 0 Å². The third kappa shape index (κ3) is 7.31. The molecule has 194 valence electrons. The van der Waals surface area contributed by atoms with Crippen molar-refractivity contribution in [2.75, 3.05) is 7.11 Å². The van der Waals surface area contributed by atoms with Crippen LogP contribution in [0.4, 0.5) is 0 Å². The van der Waals surface area contributed by atoms with Gasteiger partial charge in [0.05, 0.1) is 7.11 Å². The third-order valence-electron chi connectivity index (χ3n) is 6.36. The smallest absolute Gasteiger partial charge is 0.328 e. The highest BCUT2D eigenvalue weighted by atomic mass is 16.5. The second kappa shape index (κ2) is 13.2. The number of benzene rings is 4. The normalized spacial score (nSPS) is 12.5. The summed E-state index contributed by atoms with van der Waals surface area (Å²) < 4.78 is 5.03. The molecule has 0 unspecified atom stereocenters. The summed E-state index contributed by atoms with van der Waals surface area (Å²) >= 11 is 0. The lowest BCUT2D eigenvalue weighted by molar-refractivity contribution is -0.146. The Labute approximate surface area is 223 Å². The fourth-order valence-corrected chi connectivity index (χ4v) is 4.49. The van der Waals surface area contributed by atoms with Crippen LogP contribution in [0.3, 0.4) is 0 Å². The number of phenols is 1. The second-order valence-corrected chi connectivity index (χ2v) is 9.14. The number of hydrogen-bond donors (Lipinski definition) is 2. The minimum absolute atomic E-state index is 0.133. The van der Waals surface area contributed by atoms with Crippen molar-refractivity contribution in [3.63, 3.8) is 0 Å². The monoisotopic (exact) mass is 508 g/mol. The van der Waals surface area contributed by atoms with E-state index >= 15 is 0 Å². The summed E-state index contributed by atoms with van der Waals surface area (Å²) in [7, 11) is 1.31. The number of phenolic OH excluding ortho intramolecular Hbond substituents is 1. The number of esters is 1. The summed E-state index contributed by atoms with van der Waals surface area (Å²) in [5.41, 5.74) is 3.77. The number of carbonyl (C=O) groups excluding carboxylic acids is 2. The fourth-order valence-electron chi connectivity index (χ4n) is 4.49. The molecule has 0 aromatic heterocycles. The summed E-state index contributed by atoms with van der Waals surface area (Å²) in [5.74, 6) is -0.692. The molecule has 0 bridgehead atoms. The molecule has 0 heterocycles. The molecule has 0 aliphatic carbocycles. The van der Waals surface area contributed by atoms with E-state index in [9.17, 15) is 14.7 Å². The molecule has 0 spiro atoms. The van der Waals surface area contributed by atoms with E-state index in [2.05, 4.69) is 10.2 Å². The molecule has 6 heteroatoms. The number of carbonyl (C=O) groups is 2. The van der Waals surface area contributed by atoms with Gasteiger partial charge in [0.15, 0.2) is 0 Å². The van der Waals surface area contributed by atoms with Crippen LogP contribution in [-0.4, -0.2) is 35.0 Å². The highest BCUT2D eigenvalue weighted by Crippen LogP contribution is 2.26. The van der Waals surface area contributed by atoms with Gasteiger partial charge in [-0.1, -0.05) is 103 Å². The SMILES string of the molecule is COC(=O)[C@H](Cc1ccc(O)cc1)NC(=O)[C@@H](c1ccccc1)N(Cc1ccccc1)Cc1ccccc1. The minimum Gasteiger partial charge on any atom is -0.508 e. The van der Waals surface area contributed by atoms with Gasteiger partial charge >= 0.3 is 5.97 Å². The Morgan fingerprint density at radius 1 is 0.737 bits per heavy atom. The molecule has 0 fully saturated rings. The lowest BCUT2D eigenvalue weighted by atomic mass is 10.0. The third-order valence-corrected chi connectivity index (χ3v) is 6.36. The fraction of sp³-hybridized carbons (Fsp3) is 0.188. The first kappa shape index (κ1) is 26.6. The van der Waals surface area contributed by atoms with Crippen molar-refractivity contribution in [2.45, 2.75) is 31.6 Å². The van der Waals surface area contributed by atoms with Crippen molar-refractivity contribution in [1.82, 2.24) is 10.2 Å². The molecular formula is C32H32N2O4. The Hall–Kier alpha value is -4.42. The molecule has 2 N–H and O–H groups in total. The van der Waals surface area contributed by atoms with Gasteiger partial charge < -0.3 is 15.2 Å². The van der Waals surface area contributed by atoms with E-state index < -0.39 is 18.1 Å². The molecule has 4 aromatic rings. The van der Waals surface area contributed by atoms with Gasteiger partial charge in [-0.2, -0.15) is 0 Å². The lowest BCUT2D eigenvalue weighted by Crippen LogP contribution is -2.48. The Kier molecular flexibility index (Phi) is 9.27. The topological polar surface area (TPSA) is 78.9 Å². The van der Waals surface area contributed by atoms with Crippen LogP contribution in [0.5, 0.6) is 5.75 Å². The molecule has 4 aromatic carbocycles. The molecule has 0 saturated carbocycles. The molecule has 0 aliphatic rings. The molecule has 0 aliphatic heterocycles. The number of rotatable bonds is 11. The first-order valence-electron chi connectivity index (χ1n) is 12.6. The summed E-state index contributed by atoms with van der Waals surface area (Å²) in [4.78, 5) is 28.9. The molecule has 1 amide bonds. The number of methoxy groups -OCH3 is 1. The predicted molar refractivity (Wildman–Crippen MR) is 147 cm³/mol. The van der Waals surface area contributed by atoms with E-state index in [-0.39, 0.29) is 18.1 Å². The highest BCUT2D eigenvalue weighted by Gasteiger charge is 2.32. The maximum absolute atomic E-state index is 14.0. The highest BCUT2D eigenvalue weighted by molar-refractivity contribution is 5.88. The van der Waals surface area contributed by atoms with Crippen LogP contribution < -0.4 is 5.32 Å². The van der Waals surface area contributed by atoms with E-state index in [4.69, 9.17) is 4.74 Å². The molecule has 0 radical (unpaired) electrons. The van der Waals surface area contributed by atoms with Crippen LogP contribution in [-0.2, 0) is 33.8 Å². The van der Waals surface area contributed by atoms with Gasteiger partial charge in [-0.25, -0.2) is 4.79 Å². The summed E-state index contributed by atoms with van der Waals surface area (Å²) in [6.07, 6.45) is 0.234. The zero-order valence-corrected chi connectivity index (χ0v) is 21.4. The van der Waals surface area contributed by atoms with E-state index in [1.165, 1.54) is 7.11 Å². The van der Waals surface area contributed by atoms with E-state index in [0.29, 0.717) is 13.1 Å². The van der Waals surface area contributed by atoms with E-state index in [1.807, 2.05) is 91.0 Å². The number of nitrogens with zero attached hydrogens (tertiary/aromatic N) is 1. The van der Waals surface area contributed by atoms with Crippen LogP contribution >= 0.6 is 0 Å². The summed E-state index contributed by atoms with van der Waals surface area (Å²) in [6.45, 7) is 1.06. The van der Waals surface area contributed by atoms with Crippen molar-refractivity contribution in [3.8, 4) is 5.75 Å². The van der Waals surface area contributed by atoms with E-state index in [1.54, 1.807) is 24.3 Å². The van der Waals surface area contributed by atoms with Gasteiger partial charge in [0.25, 0.3) is 0 Å². The van der Waals surface area contributed by atoms with Gasteiger partial charge in [-0.15, -0.1) is 0 Å². The maximum Gasteiger partial charge on any atom is 0.328 e. The van der Waals surface area contributed by atoms with Crippen molar-refractivity contribution < 1.29 is 19.4 Å². The molecular weight excluding hydrogens is 476 g/mol. The summed E-state index contributed by atoms with van der Waals surface area (Å²) in [5, 5.41) is 12.6. The maximum atomic E-state index is 14.0. The van der Waals surface area contributed by atoms with Gasteiger partial charge in [-0.05, 0) is 34.4 Å².